The number of benzene rings is 2. The van der Waals surface area contributed by atoms with Gasteiger partial charge in [0, 0.05) is 27.8 Å². The fourth-order valence-corrected chi connectivity index (χ4v) is 2.62. The molecule has 100 valence electrons. The molecular weight excluding hydrogens is 278 g/mol. The third-order valence-electron chi connectivity index (χ3n) is 2.60. The Kier molecular flexibility index (Phi) is 5.58. The van der Waals surface area contributed by atoms with E-state index in [0.717, 1.165) is 17.1 Å². The normalized spacial score (nSPS) is 10.4. The van der Waals surface area contributed by atoms with E-state index in [4.69, 9.17) is 22.1 Å². The second-order valence-corrected chi connectivity index (χ2v) is 5.57. The largest absolute Gasteiger partial charge is 0.492 e. The second kappa shape index (κ2) is 7.43. The number of thioether (sulfide) groups is 1. The van der Waals surface area contributed by atoms with Gasteiger partial charge in [0.25, 0.3) is 0 Å². The molecule has 0 unspecified atom stereocenters. The van der Waals surface area contributed by atoms with Crippen LogP contribution in [0.15, 0.2) is 53.4 Å². The Morgan fingerprint density at radius 2 is 1.89 bits per heavy atom. The summed E-state index contributed by atoms with van der Waals surface area (Å²) in [6, 6.07) is 15.8. The van der Waals surface area contributed by atoms with Gasteiger partial charge >= 0.3 is 0 Å². The molecule has 19 heavy (non-hydrogen) atoms. The maximum absolute atomic E-state index is 5.92. The first-order chi connectivity index (χ1) is 9.29. The van der Waals surface area contributed by atoms with Crippen LogP contribution in [0, 0.1) is 0 Å². The summed E-state index contributed by atoms with van der Waals surface area (Å²) in [4.78, 5) is 1.25. The maximum Gasteiger partial charge on any atom is 0.123 e. The average Bonchev–Trinajstić information content (AvgIpc) is 2.46. The fourth-order valence-electron chi connectivity index (χ4n) is 1.68. The highest BCUT2D eigenvalue weighted by Crippen LogP contribution is 2.23. The molecule has 0 aliphatic heterocycles. The van der Waals surface area contributed by atoms with Crippen LogP contribution < -0.4 is 10.5 Å². The van der Waals surface area contributed by atoms with Crippen LogP contribution in [-0.2, 0) is 6.54 Å². The topological polar surface area (TPSA) is 35.2 Å². The monoisotopic (exact) mass is 293 g/mol. The molecule has 0 fully saturated rings. The van der Waals surface area contributed by atoms with Gasteiger partial charge in [-0.25, -0.2) is 0 Å². The first-order valence-corrected chi connectivity index (χ1v) is 7.45. The Bertz CT molecular complexity index is 519. The van der Waals surface area contributed by atoms with Crippen molar-refractivity contribution in [3.63, 3.8) is 0 Å². The van der Waals surface area contributed by atoms with Gasteiger partial charge in [0.05, 0.1) is 6.61 Å². The average molecular weight is 294 g/mol. The summed E-state index contributed by atoms with van der Waals surface area (Å²) in [6.07, 6.45) is 0. The number of halogens is 1. The SMILES string of the molecule is NCc1cc(Cl)ccc1OCCSc1ccccc1. The van der Waals surface area contributed by atoms with Gasteiger partial charge in [0.15, 0.2) is 0 Å². The van der Waals surface area contributed by atoms with Crippen molar-refractivity contribution in [1.29, 1.82) is 0 Å². The summed E-state index contributed by atoms with van der Waals surface area (Å²) in [7, 11) is 0. The zero-order valence-corrected chi connectivity index (χ0v) is 12.1. The van der Waals surface area contributed by atoms with Crippen LogP contribution in [0.1, 0.15) is 5.56 Å². The Labute approximate surface area is 122 Å². The predicted molar refractivity (Wildman–Crippen MR) is 82.0 cm³/mol. The smallest absolute Gasteiger partial charge is 0.123 e. The van der Waals surface area contributed by atoms with Gasteiger partial charge in [-0.15, -0.1) is 11.8 Å². The highest BCUT2D eigenvalue weighted by atomic mass is 35.5. The van der Waals surface area contributed by atoms with Gasteiger partial charge in [-0.3, -0.25) is 0 Å². The third kappa shape index (κ3) is 4.46. The standard InChI is InChI=1S/C15H16ClNOS/c16-13-6-7-15(12(10-13)11-17)18-8-9-19-14-4-2-1-3-5-14/h1-7,10H,8-9,11,17H2. The summed E-state index contributed by atoms with van der Waals surface area (Å²) in [5, 5.41) is 0.687. The van der Waals surface area contributed by atoms with Crippen molar-refractivity contribution < 1.29 is 4.74 Å². The predicted octanol–water partition coefficient (Wildman–Crippen LogP) is 3.97. The molecule has 0 amide bonds. The summed E-state index contributed by atoms with van der Waals surface area (Å²) in [5.41, 5.74) is 6.61. The molecule has 4 heteroatoms. The van der Waals surface area contributed by atoms with Crippen LogP contribution >= 0.6 is 23.4 Å². The zero-order valence-electron chi connectivity index (χ0n) is 10.5. The van der Waals surface area contributed by atoms with Gasteiger partial charge in [0.2, 0.25) is 0 Å². The van der Waals surface area contributed by atoms with E-state index in [2.05, 4.69) is 12.1 Å². The molecule has 0 aliphatic rings. The molecule has 0 aliphatic carbocycles. The van der Waals surface area contributed by atoms with Gasteiger partial charge in [-0.2, -0.15) is 0 Å². The van der Waals surface area contributed by atoms with E-state index in [0.29, 0.717) is 18.2 Å². The molecule has 2 nitrogen and oxygen atoms in total. The zero-order chi connectivity index (χ0) is 13.5. The highest BCUT2D eigenvalue weighted by Gasteiger charge is 2.03. The lowest BCUT2D eigenvalue weighted by Gasteiger charge is -2.10. The molecule has 0 saturated heterocycles. The molecule has 0 spiro atoms. The maximum atomic E-state index is 5.92. The number of rotatable bonds is 6. The van der Waals surface area contributed by atoms with Crippen LogP contribution in [-0.4, -0.2) is 12.4 Å². The van der Waals surface area contributed by atoms with Gasteiger partial charge in [-0.05, 0) is 30.3 Å². The first kappa shape index (κ1) is 14.3. The minimum Gasteiger partial charge on any atom is -0.492 e. The lowest BCUT2D eigenvalue weighted by molar-refractivity contribution is 0.340. The Balaban J connectivity index is 1.83. The summed E-state index contributed by atoms with van der Waals surface area (Å²) < 4.78 is 5.75. The Hall–Kier alpha value is -1.16. The molecule has 0 atom stereocenters. The Morgan fingerprint density at radius 1 is 1.11 bits per heavy atom. The number of hydrogen-bond acceptors (Lipinski definition) is 3. The number of hydrogen-bond donors (Lipinski definition) is 1. The van der Waals surface area contributed by atoms with E-state index in [1.54, 1.807) is 11.8 Å². The lowest BCUT2D eigenvalue weighted by atomic mass is 10.2. The molecule has 2 aromatic carbocycles. The van der Waals surface area contributed by atoms with Gasteiger partial charge in [-0.1, -0.05) is 29.8 Å². The second-order valence-electron chi connectivity index (χ2n) is 3.97. The molecule has 0 bridgehead atoms. The van der Waals surface area contributed by atoms with Crippen molar-refractivity contribution in [3.8, 4) is 5.75 Å². The van der Waals surface area contributed by atoms with Crippen molar-refractivity contribution >= 4 is 23.4 Å². The van der Waals surface area contributed by atoms with Crippen LogP contribution in [0.5, 0.6) is 5.75 Å². The summed E-state index contributed by atoms with van der Waals surface area (Å²) in [5.74, 6) is 1.72. The van der Waals surface area contributed by atoms with Gasteiger partial charge in [0.1, 0.15) is 5.75 Å². The molecule has 0 radical (unpaired) electrons. The Morgan fingerprint density at radius 3 is 2.63 bits per heavy atom. The number of nitrogens with two attached hydrogens (primary N) is 1. The molecule has 0 heterocycles. The van der Waals surface area contributed by atoms with Crippen LogP contribution in [0.3, 0.4) is 0 Å². The first-order valence-electron chi connectivity index (χ1n) is 6.09. The van der Waals surface area contributed by atoms with E-state index in [1.165, 1.54) is 4.90 Å². The van der Waals surface area contributed by atoms with Crippen molar-refractivity contribution in [2.45, 2.75) is 11.4 Å². The lowest BCUT2D eigenvalue weighted by Crippen LogP contribution is -2.05. The molecular formula is C15H16ClNOS. The minimum atomic E-state index is 0.432. The highest BCUT2D eigenvalue weighted by molar-refractivity contribution is 7.99. The molecule has 0 aromatic heterocycles. The molecule has 2 rings (SSSR count). The summed E-state index contributed by atoms with van der Waals surface area (Å²) in [6.45, 7) is 1.08. The molecule has 0 saturated carbocycles. The van der Waals surface area contributed by atoms with E-state index in [-0.39, 0.29) is 0 Å². The van der Waals surface area contributed by atoms with Gasteiger partial charge < -0.3 is 10.5 Å². The van der Waals surface area contributed by atoms with Crippen LogP contribution in [0.2, 0.25) is 5.02 Å². The van der Waals surface area contributed by atoms with E-state index in [9.17, 15) is 0 Å². The van der Waals surface area contributed by atoms with Crippen molar-refractivity contribution in [3.05, 3.63) is 59.1 Å². The van der Waals surface area contributed by atoms with E-state index >= 15 is 0 Å². The quantitative estimate of drug-likeness (QED) is 0.646. The fraction of sp³-hybridized carbons (Fsp3) is 0.200. The summed E-state index contributed by atoms with van der Waals surface area (Å²) >= 11 is 7.70. The third-order valence-corrected chi connectivity index (χ3v) is 3.81. The minimum absolute atomic E-state index is 0.432. The number of ether oxygens (including phenoxy) is 1. The van der Waals surface area contributed by atoms with Crippen LogP contribution in [0.4, 0.5) is 0 Å². The van der Waals surface area contributed by atoms with Crippen molar-refractivity contribution in [2.75, 3.05) is 12.4 Å². The molecule has 2 aromatic rings. The van der Waals surface area contributed by atoms with Crippen molar-refractivity contribution in [1.82, 2.24) is 0 Å². The van der Waals surface area contributed by atoms with E-state index in [1.807, 2.05) is 36.4 Å². The van der Waals surface area contributed by atoms with Crippen LogP contribution in [0.25, 0.3) is 0 Å². The molecule has 2 N–H and O–H groups in total. The van der Waals surface area contributed by atoms with Crippen molar-refractivity contribution in [2.24, 2.45) is 5.73 Å². The van der Waals surface area contributed by atoms with E-state index < -0.39 is 0 Å².